The summed E-state index contributed by atoms with van der Waals surface area (Å²) in [7, 11) is 0. The molecule has 1 N–H and O–H groups in total. The van der Waals surface area contributed by atoms with E-state index < -0.39 is 0 Å². The summed E-state index contributed by atoms with van der Waals surface area (Å²) < 4.78 is 11.2. The Morgan fingerprint density at radius 1 is 1.13 bits per heavy atom. The van der Waals surface area contributed by atoms with Gasteiger partial charge in [-0.3, -0.25) is 9.59 Å². The maximum atomic E-state index is 12.8. The Bertz CT molecular complexity index is 1030. The number of hydrogen-bond acceptors (Lipinski definition) is 6. The third kappa shape index (κ3) is 5.09. The number of carbonyl (C=O) groups is 2. The summed E-state index contributed by atoms with van der Waals surface area (Å²) in [4.78, 5) is 30.3. The van der Waals surface area contributed by atoms with Gasteiger partial charge in [-0.1, -0.05) is 23.4 Å². The van der Waals surface area contributed by atoms with Gasteiger partial charge in [0.25, 0.3) is 5.91 Å². The highest BCUT2D eigenvalue weighted by molar-refractivity contribution is 5.88. The minimum atomic E-state index is -0.263. The predicted molar refractivity (Wildman–Crippen MR) is 114 cm³/mol. The van der Waals surface area contributed by atoms with Crippen LogP contribution in [0.3, 0.4) is 0 Å². The van der Waals surface area contributed by atoms with Gasteiger partial charge in [0.2, 0.25) is 17.6 Å². The van der Waals surface area contributed by atoms with E-state index in [4.69, 9.17) is 9.26 Å². The average molecular weight is 420 g/mol. The van der Waals surface area contributed by atoms with E-state index in [-0.39, 0.29) is 24.5 Å². The first kappa shape index (κ1) is 20.6. The van der Waals surface area contributed by atoms with Crippen LogP contribution in [0.5, 0.6) is 5.75 Å². The number of nitrogens with zero attached hydrogens (tertiary/aromatic N) is 3. The van der Waals surface area contributed by atoms with Crippen LogP contribution in [-0.2, 0) is 9.59 Å². The lowest BCUT2D eigenvalue weighted by molar-refractivity contribution is -0.138. The molecule has 160 valence electrons. The van der Waals surface area contributed by atoms with Gasteiger partial charge < -0.3 is 19.5 Å². The number of ether oxygens (including phenoxy) is 1. The van der Waals surface area contributed by atoms with Crippen LogP contribution in [0, 0.1) is 0 Å². The smallest absolute Gasteiger partial charge is 0.261 e. The number of para-hydroxylation sites is 1. The van der Waals surface area contributed by atoms with Gasteiger partial charge in [0.15, 0.2) is 6.61 Å². The van der Waals surface area contributed by atoms with E-state index >= 15 is 0 Å². The van der Waals surface area contributed by atoms with Gasteiger partial charge in [0, 0.05) is 24.7 Å². The van der Waals surface area contributed by atoms with Crippen molar-refractivity contribution >= 4 is 17.5 Å². The van der Waals surface area contributed by atoms with Gasteiger partial charge >= 0.3 is 0 Å². The normalized spacial score (nSPS) is 16.0. The SMILES string of the molecule is CC(=O)Nc1ccc(-c2noc([C@H]3CCCCN3C(=O)COc3ccccc3)n2)cc1. The number of carbonyl (C=O) groups excluding carboxylic acids is 2. The molecule has 1 aliphatic rings. The molecular formula is C23H24N4O4. The van der Waals surface area contributed by atoms with Crippen LogP contribution in [0.2, 0.25) is 0 Å². The molecule has 1 aromatic heterocycles. The van der Waals surface area contributed by atoms with Crippen molar-refractivity contribution in [2.24, 2.45) is 0 Å². The van der Waals surface area contributed by atoms with Crippen molar-refractivity contribution in [1.29, 1.82) is 0 Å². The van der Waals surface area contributed by atoms with Crippen molar-refractivity contribution in [2.75, 3.05) is 18.5 Å². The zero-order chi connectivity index (χ0) is 21.6. The monoisotopic (exact) mass is 420 g/mol. The summed E-state index contributed by atoms with van der Waals surface area (Å²) in [6.07, 6.45) is 2.68. The van der Waals surface area contributed by atoms with Gasteiger partial charge in [-0.25, -0.2) is 0 Å². The van der Waals surface area contributed by atoms with E-state index in [1.807, 2.05) is 42.5 Å². The minimum absolute atomic E-state index is 0.0356. The summed E-state index contributed by atoms with van der Waals surface area (Å²) in [5.74, 6) is 1.30. The van der Waals surface area contributed by atoms with Crippen LogP contribution >= 0.6 is 0 Å². The average Bonchev–Trinajstić information content (AvgIpc) is 3.28. The molecule has 2 amide bonds. The Balaban J connectivity index is 1.45. The van der Waals surface area contributed by atoms with E-state index in [1.54, 1.807) is 17.0 Å². The van der Waals surface area contributed by atoms with Crippen LogP contribution in [0.25, 0.3) is 11.4 Å². The molecule has 8 nitrogen and oxygen atoms in total. The highest BCUT2D eigenvalue weighted by Crippen LogP contribution is 2.31. The standard InChI is InChI=1S/C23H24N4O4/c1-16(28)24-18-12-10-17(11-13-18)22-25-23(31-26-22)20-9-5-6-14-27(20)21(29)15-30-19-7-3-2-4-8-19/h2-4,7-8,10-13,20H,5-6,9,14-15H2,1H3,(H,24,28)/t20-/m1/s1. The zero-order valence-electron chi connectivity index (χ0n) is 17.3. The van der Waals surface area contributed by atoms with E-state index in [0.29, 0.717) is 29.7 Å². The van der Waals surface area contributed by atoms with Crippen molar-refractivity contribution < 1.29 is 18.8 Å². The summed E-state index contributed by atoms with van der Waals surface area (Å²) >= 11 is 0. The summed E-state index contributed by atoms with van der Waals surface area (Å²) in [6, 6.07) is 16.2. The number of rotatable bonds is 6. The van der Waals surface area contributed by atoms with Crippen LogP contribution in [0.1, 0.15) is 38.1 Å². The molecule has 1 aliphatic heterocycles. The second kappa shape index (κ2) is 9.42. The van der Waals surface area contributed by atoms with Gasteiger partial charge in [0.05, 0.1) is 0 Å². The number of aromatic nitrogens is 2. The van der Waals surface area contributed by atoms with Crippen LogP contribution in [-0.4, -0.2) is 40.0 Å². The van der Waals surface area contributed by atoms with Crippen LogP contribution in [0.15, 0.2) is 59.1 Å². The molecule has 4 rings (SSSR count). The molecule has 31 heavy (non-hydrogen) atoms. The molecule has 0 radical (unpaired) electrons. The first-order valence-corrected chi connectivity index (χ1v) is 10.3. The van der Waals surface area contributed by atoms with Crippen LogP contribution < -0.4 is 10.1 Å². The molecule has 1 atom stereocenters. The number of amides is 2. The zero-order valence-corrected chi connectivity index (χ0v) is 17.3. The van der Waals surface area contributed by atoms with Gasteiger partial charge in [-0.2, -0.15) is 4.98 Å². The van der Waals surface area contributed by atoms with E-state index in [1.165, 1.54) is 6.92 Å². The van der Waals surface area contributed by atoms with Gasteiger partial charge in [0.1, 0.15) is 11.8 Å². The molecule has 3 aromatic rings. The summed E-state index contributed by atoms with van der Waals surface area (Å²) in [5.41, 5.74) is 1.47. The molecule has 2 aromatic carbocycles. The molecule has 0 spiro atoms. The van der Waals surface area contributed by atoms with E-state index in [2.05, 4.69) is 15.5 Å². The quantitative estimate of drug-likeness (QED) is 0.651. The van der Waals surface area contributed by atoms with Crippen molar-refractivity contribution in [2.45, 2.75) is 32.2 Å². The molecule has 1 saturated heterocycles. The molecule has 0 unspecified atom stereocenters. The second-order valence-electron chi connectivity index (χ2n) is 7.42. The number of benzene rings is 2. The fraction of sp³-hybridized carbons (Fsp3) is 0.304. The highest BCUT2D eigenvalue weighted by Gasteiger charge is 2.32. The Labute approximate surface area is 180 Å². The van der Waals surface area contributed by atoms with Crippen molar-refractivity contribution in [3.05, 3.63) is 60.5 Å². The maximum Gasteiger partial charge on any atom is 0.261 e. The molecule has 8 heteroatoms. The number of nitrogens with one attached hydrogen (secondary N) is 1. The van der Waals surface area contributed by atoms with E-state index in [9.17, 15) is 9.59 Å². The Morgan fingerprint density at radius 3 is 2.65 bits per heavy atom. The number of hydrogen-bond donors (Lipinski definition) is 1. The Morgan fingerprint density at radius 2 is 1.90 bits per heavy atom. The van der Waals surface area contributed by atoms with E-state index in [0.717, 1.165) is 24.8 Å². The molecule has 0 bridgehead atoms. The second-order valence-corrected chi connectivity index (χ2v) is 7.42. The number of anilines is 1. The summed E-state index contributed by atoms with van der Waals surface area (Å²) in [6.45, 7) is 2.05. The maximum absolute atomic E-state index is 12.8. The number of likely N-dealkylation sites (tertiary alicyclic amines) is 1. The first-order chi connectivity index (χ1) is 15.1. The molecular weight excluding hydrogens is 396 g/mol. The lowest BCUT2D eigenvalue weighted by Gasteiger charge is -2.33. The lowest BCUT2D eigenvalue weighted by Crippen LogP contribution is -2.41. The minimum Gasteiger partial charge on any atom is -0.484 e. The summed E-state index contributed by atoms with van der Waals surface area (Å²) in [5, 5.41) is 6.82. The van der Waals surface area contributed by atoms with Crippen molar-refractivity contribution in [3.63, 3.8) is 0 Å². The molecule has 2 heterocycles. The first-order valence-electron chi connectivity index (χ1n) is 10.3. The molecule has 1 fully saturated rings. The molecule has 0 aliphatic carbocycles. The Kier molecular flexibility index (Phi) is 6.26. The third-order valence-corrected chi connectivity index (χ3v) is 5.12. The third-order valence-electron chi connectivity index (χ3n) is 5.12. The Hall–Kier alpha value is -3.68. The van der Waals surface area contributed by atoms with Crippen molar-refractivity contribution in [1.82, 2.24) is 15.0 Å². The van der Waals surface area contributed by atoms with Gasteiger partial charge in [-0.05, 0) is 55.7 Å². The van der Waals surface area contributed by atoms with Crippen LogP contribution in [0.4, 0.5) is 5.69 Å². The number of piperidine rings is 1. The predicted octanol–water partition coefficient (Wildman–Crippen LogP) is 3.83. The topological polar surface area (TPSA) is 97.6 Å². The lowest BCUT2D eigenvalue weighted by atomic mass is 10.0. The largest absolute Gasteiger partial charge is 0.484 e. The fourth-order valence-corrected chi connectivity index (χ4v) is 3.63. The highest BCUT2D eigenvalue weighted by atomic mass is 16.5. The van der Waals surface area contributed by atoms with Crippen molar-refractivity contribution in [3.8, 4) is 17.1 Å². The fourth-order valence-electron chi connectivity index (χ4n) is 3.63. The van der Waals surface area contributed by atoms with Gasteiger partial charge in [-0.15, -0.1) is 0 Å². The molecule has 0 saturated carbocycles.